The van der Waals surface area contributed by atoms with Crippen LogP contribution in [0.3, 0.4) is 0 Å². The highest BCUT2D eigenvalue weighted by Gasteiger charge is 2.08. The third kappa shape index (κ3) is 7.12. The molecule has 0 bridgehead atoms. The van der Waals surface area contributed by atoms with Crippen molar-refractivity contribution in [3.8, 4) is 0 Å². The molecule has 0 saturated carbocycles. The average molecular weight is 245 g/mol. The Hall–Kier alpha value is -0.220. The zero-order valence-corrected chi connectivity index (χ0v) is 10.8. The molecule has 0 atom stereocenters. The topological polar surface area (TPSA) is 40.5 Å². The Kier molecular flexibility index (Phi) is 7.68. The Morgan fingerprint density at radius 2 is 1.88 bits per heavy atom. The molecular formula is C12H23NO2S. The molecule has 1 fully saturated rings. The minimum atomic E-state index is -0.668. The number of hydrogen-bond acceptors (Lipinski definition) is 3. The molecule has 1 saturated heterocycles. The second-order valence-corrected chi connectivity index (χ2v) is 5.59. The second kappa shape index (κ2) is 8.88. The summed E-state index contributed by atoms with van der Waals surface area (Å²) in [5.41, 5.74) is 0. The standard InChI is InChI=1S/C12H23NO2S/c14-12(15)6-2-5-10-16-11-9-13-7-3-1-4-8-13/h1-11H2,(H,14,15). The van der Waals surface area contributed by atoms with Gasteiger partial charge in [0, 0.05) is 18.7 Å². The van der Waals surface area contributed by atoms with E-state index in [1.165, 1.54) is 44.6 Å². The fourth-order valence-electron chi connectivity index (χ4n) is 1.96. The maximum absolute atomic E-state index is 10.3. The number of unbranched alkanes of at least 4 members (excludes halogenated alkanes) is 1. The first-order chi connectivity index (χ1) is 7.79. The smallest absolute Gasteiger partial charge is 0.303 e. The normalized spacial score (nSPS) is 17.5. The van der Waals surface area contributed by atoms with Gasteiger partial charge in [0.15, 0.2) is 0 Å². The molecule has 0 aromatic heterocycles. The lowest BCUT2D eigenvalue weighted by molar-refractivity contribution is -0.137. The summed E-state index contributed by atoms with van der Waals surface area (Å²) >= 11 is 1.96. The minimum Gasteiger partial charge on any atom is -0.481 e. The number of thioether (sulfide) groups is 1. The van der Waals surface area contributed by atoms with Crippen molar-refractivity contribution in [2.75, 3.05) is 31.1 Å². The Bertz CT molecular complexity index is 193. The van der Waals surface area contributed by atoms with E-state index < -0.39 is 5.97 Å². The van der Waals surface area contributed by atoms with Crippen molar-refractivity contribution in [1.29, 1.82) is 0 Å². The molecule has 3 nitrogen and oxygen atoms in total. The first kappa shape index (κ1) is 13.8. The van der Waals surface area contributed by atoms with Crippen LogP contribution in [0.15, 0.2) is 0 Å². The maximum Gasteiger partial charge on any atom is 0.303 e. The number of piperidine rings is 1. The summed E-state index contributed by atoms with van der Waals surface area (Å²) in [6, 6.07) is 0. The monoisotopic (exact) mass is 245 g/mol. The van der Waals surface area contributed by atoms with E-state index in [1.54, 1.807) is 0 Å². The van der Waals surface area contributed by atoms with Gasteiger partial charge in [-0.1, -0.05) is 6.42 Å². The molecule has 1 N–H and O–H groups in total. The molecule has 0 unspecified atom stereocenters. The molecule has 0 spiro atoms. The van der Waals surface area contributed by atoms with Gasteiger partial charge in [-0.05, 0) is 44.5 Å². The van der Waals surface area contributed by atoms with Gasteiger partial charge in [0.25, 0.3) is 0 Å². The molecule has 1 aliphatic heterocycles. The van der Waals surface area contributed by atoms with Crippen LogP contribution in [0.25, 0.3) is 0 Å². The van der Waals surface area contributed by atoms with Crippen LogP contribution in [-0.2, 0) is 4.79 Å². The summed E-state index contributed by atoms with van der Waals surface area (Å²) in [5, 5.41) is 8.47. The van der Waals surface area contributed by atoms with E-state index >= 15 is 0 Å². The lowest BCUT2D eigenvalue weighted by Crippen LogP contribution is -2.31. The average Bonchev–Trinajstić information content (AvgIpc) is 2.29. The summed E-state index contributed by atoms with van der Waals surface area (Å²) < 4.78 is 0. The van der Waals surface area contributed by atoms with Crippen LogP contribution in [0.1, 0.15) is 38.5 Å². The first-order valence-electron chi connectivity index (χ1n) is 6.31. The van der Waals surface area contributed by atoms with Crippen molar-refractivity contribution in [3.05, 3.63) is 0 Å². The molecule has 1 heterocycles. The zero-order chi connectivity index (χ0) is 11.6. The molecule has 0 radical (unpaired) electrons. The Morgan fingerprint density at radius 3 is 2.56 bits per heavy atom. The van der Waals surface area contributed by atoms with E-state index in [4.69, 9.17) is 5.11 Å². The molecule has 0 aliphatic carbocycles. The number of aliphatic carboxylic acids is 1. The van der Waals surface area contributed by atoms with E-state index in [2.05, 4.69) is 4.90 Å². The van der Waals surface area contributed by atoms with E-state index in [0.29, 0.717) is 6.42 Å². The van der Waals surface area contributed by atoms with Crippen LogP contribution in [0.4, 0.5) is 0 Å². The van der Waals surface area contributed by atoms with Gasteiger partial charge in [-0.15, -0.1) is 0 Å². The molecule has 16 heavy (non-hydrogen) atoms. The summed E-state index contributed by atoms with van der Waals surface area (Å²) in [5.74, 6) is 1.65. The number of rotatable bonds is 8. The highest BCUT2D eigenvalue weighted by Crippen LogP contribution is 2.11. The zero-order valence-electron chi connectivity index (χ0n) is 9.99. The first-order valence-corrected chi connectivity index (χ1v) is 7.46. The van der Waals surface area contributed by atoms with E-state index in [0.717, 1.165) is 18.6 Å². The van der Waals surface area contributed by atoms with Gasteiger partial charge < -0.3 is 10.0 Å². The molecule has 4 heteroatoms. The summed E-state index contributed by atoms with van der Waals surface area (Å²) in [6.45, 7) is 3.77. The van der Waals surface area contributed by atoms with Crippen LogP contribution >= 0.6 is 11.8 Å². The van der Waals surface area contributed by atoms with Gasteiger partial charge in [-0.2, -0.15) is 11.8 Å². The van der Waals surface area contributed by atoms with Crippen molar-refractivity contribution >= 4 is 17.7 Å². The lowest BCUT2D eigenvalue weighted by Gasteiger charge is -2.26. The Morgan fingerprint density at radius 1 is 1.12 bits per heavy atom. The predicted octanol–water partition coefficient (Wildman–Crippen LogP) is 2.46. The molecule has 1 aliphatic rings. The predicted molar refractivity (Wildman–Crippen MR) is 69.1 cm³/mol. The fourth-order valence-corrected chi connectivity index (χ4v) is 2.96. The highest BCUT2D eigenvalue weighted by atomic mass is 32.2. The van der Waals surface area contributed by atoms with E-state index in [1.807, 2.05) is 11.8 Å². The summed E-state index contributed by atoms with van der Waals surface area (Å²) in [7, 11) is 0. The SMILES string of the molecule is O=C(O)CCCCSCCN1CCCCC1. The Balaban J connectivity index is 1.82. The van der Waals surface area contributed by atoms with Gasteiger partial charge in [0.2, 0.25) is 0 Å². The quantitative estimate of drug-likeness (QED) is 0.667. The largest absolute Gasteiger partial charge is 0.481 e. The third-order valence-electron chi connectivity index (χ3n) is 2.93. The number of carbonyl (C=O) groups is 1. The summed E-state index contributed by atoms with van der Waals surface area (Å²) in [6.07, 6.45) is 6.32. The van der Waals surface area contributed by atoms with Crippen LogP contribution < -0.4 is 0 Å². The summed E-state index contributed by atoms with van der Waals surface area (Å²) in [4.78, 5) is 12.8. The van der Waals surface area contributed by atoms with Crippen LogP contribution in [0.2, 0.25) is 0 Å². The number of carboxylic acids is 1. The van der Waals surface area contributed by atoms with Crippen molar-refractivity contribution in [2.24, 2.45) is 0 Å². The van der Waals surface area contributed by atoms with E-state index in [-0.39, 0.29) is 0 Å². The van der Waals surface area contributed by atoms with Gasteiger partial charge >= 0.3 is 5.97 Å². The van der Waals surface area contributed by atoms with E-state index in [9.17, 15) is 4.79 Å². The fraction of sp³-hybridized carbons (Fsp3) is 0.917. The minimum absolute atomic E-state index is 0.326. The Labute approximate surface area is 103 Å². The molecule has 94 valence electrons. The number of nitrogens with zero attached hydrogens (tertiary/aromatic N) is 1. The molecule has 0 aromatic rings. The van der Waals surface area contributed by atoms with Crippen LogP contribution in [0, 0.1) is 0 Å². The van der Waals surface area contributed by atoms with Gasteiger partial charge in [0.05, 0.1) is 0 Å². The molecule has 0 aromatic carbocycles. The third-order valence-corrected chi connectivity index (χ3v) is 3.98. The van der Waals surface area contributed by atoms with Gasteiger partial charge in [-0.25, -0.2) is 0 Å². The second-order valence-electron chi connectivity index (χ2n) is 4.37. The molecular weight excluding hydrogens is 222 g/mol. The van der Waals surface area contributed by atoms with Gasteiger partial charge in [-0.3, -0.25) is 4.79 Å². The number of likely N-dealkylation sites (tertiary alicyclic amines) is 1. The number of hydrogen-bond donors (Lipinski definition) is 1. The molecule has 0 amide bonds. The number of carboxylic acid groups (broad SMARTS) is 1. The van der Waals surface area contributed by atoms with Gasteiger partial charge in [0.1, 0.15) is 0 Å². The van der Waals surface area contributed by atoms with Crippen LogP contribution in [0.5, 0.6) is 0 Å². The highest BCUT2D eigenvalue weighted by molar-refractivity contribution is 7.99. The lowest BCUT2D eigenvalue weighted by atomic mass is 10.1. The van der Waals surface area contributed by atoms with Crippen molar-refractivity contribution < 1.29 is 9.90 Å². The van der Waals surface area contributed by atoms with Crippen LogP contribution in [-0.4, -0.2) is 47.1 Å². The van der Waals surface area contributed by atoms with Crippen molar-refractivity contribution in [3.63, 3.8) is 0 Å². The maximum atomic E-state index is 10.3. The van der Waals surface area contributed by atoms with Crippen molar-refractivity contribution in [2.45, 2.75) is 38.5 Å². The van der Waals surface area contributed by atoms with Crippen molar-refractivity contribution in [1.82, 2.24) is 4.90 Å². The molecule has 1 rings (SSSR count).